The van der Waals surface area contributed by atoms with Gasteiger partial charge < -0.3 is 0 Å². The quantitative estimate of drug-likeness (QED) is 0.798. The summed E-state index contributed by atoms with van der Waals surface area (Å²) in [6.45, 7) is 3.31. The molecule has 1 aromatic heterocycles. The van der Waals surface area contributed by atoms with E-state index in [0.717, 1.165) is 6.42 Å². The van der Waals surface area contributed by atoms with Crippen molar-refractivity contribution in [2.75, 3.05) is 13.1 Å². The lowest BCUT2D eigenvalue weighted by Crippen LogP contribution is -2.33. The third-order valence-electron chi connectivity index (χ3n) is 2.79. The molecule has 0 radical (unpaired) electrons. The average molecular weight is 338 g/mol. The fourth-order valence-corrected chi connectivity index (χ4v) is 5.79. The predicted octanol–water partition coefficient (Wildman–Crippen LogP) is 3.32. The molecule has 1 aliphatic rings. The topological polar surface area (TPSA) is 37.4 Å². The standard InChI is InChI=1S/C11H16BrNO2S2/c1-2-6-13(8-9-3-4-9)17(14,15)11-10(12)5-7-16-11/h5,7,9H,2-4,6,8H2,1H3. The molecule has 6 heteroatoms. The van der Waals surface area contributed by atoms with Gasteiger partial charge in [0.25, 0.3) is 10.0 Å². The van der Waals surface area contributed by atoms with Crippen LogP contribution >= 0.6 is 27.3 Å². The van der Waals surface area contributed by atoms with E-state index in [1.165, 1.54) is 24.2 Å². The maximum atomic E-state index is 12.5. The smallest absolute Gasteiger partial charge is 0.206 e. The Morgan fingerprint density at radius 3 is 2.71 bits per heavy atom. The first kappa shape index (κ1) is 13.5. The van der Waals surface area contributed by atoms with Crippen molar-refractivity contribution in [2.45, 2.75) is 30.4 Å². The van der Waals surface area contributed by atoms with Gasteiger partial charge in [0.1, 0.15) is 4.21 Å². The molecule has 0 amide bonds. The second-order valence-electron chi connectivity index (χ2n) is 4.36. The van der Waals surface area contributed by atoms with E-state index in [2.05, 4.69) is 15.9 Å². The summed E-state index contributed by atoms with van der Waals surface area (Å²) in [6, 6.07) is 1.79. The Morgan fingerprint density at radius 1 is 1.53 bits per heavy atom. The van der Waals surface area contributed by atoms with Crippen LogP contribution in [0.2, 0.25) is 0 Å². The second-order valence-corrected chi connectivity index (χ2v) is 8.27. The summed E-state index contributed by atoms with van der Waals surface area (Å²) in [6.07, 6.45) is 3.19. The summed E-state index contributed by atoms with van der Waals surface area (Å²) in [5.41, 5.74) is 0. The fraction of sp³-hybridized carbons (Fsp3) is 0.636. The molecule has 0 bridgehead atoms. The van der Waals surface area contributed by atoms with Crippen molar-refractivity contribution in [2.24, 2.45) is 5.92 Å². The molecule has 0 unspecified atom stereocenters. The number of rotatable bonds is 6. The van der Waals surface area contributed by atoms with Crippen molar-refractivity contribution in [1.29, 1.82) is 0 Å². The molecule has 1 heterocycles. The highest BCUT2D eigenvalue weighted by Crippen LogP contribution is 2.34. The normalized spacial score (nSPS) is 16.6. The zero-order valence-corrected chi connectivity index (χ0v) is 12.9. The van der Waals surface area contributed by atoms with Gasteiger partial charge in [-0.05, 0) is 52.6 Å². The lowest BCUT2D eigenvalue weighted by molar-refractivity contribution is 0.396. The minimum absolute atomic E-state index is 0.437. The average Bonchev–Trinajstić information content (AvgIpc) is 2.98. The molecule has 0 aliphatic heterocycles. The Kier molecular flexibility index (Phi) is 4.28. The molecule has 1 saturated carbocycles. The molecule has 1 aliphatic carbocycles. The number of sulfonamides is 1. The van der Waals surface area contributed by atoms with Crippen LogP contribution in [0.1, 0.15) is 26.2 Å². The van der Waals surface area contributed by atoms with E-state index in [9.17, 15) is 8.42 Å². The van der Waals surface area contributed by atoms with Gasteiger partial charge in [-0.1, -0.05) is 6.92 Å². The van der Waals surface area contributed by atoms with Gasteiger partial charge >= 0.3 is 0 Å². The highest BCUT2D eigenvalue weighted by molar-refractivity contribution is 9.10. The zero-order chi connectivity index (χ0) is 12.5. The molecular formula is C11H16BrNO2S2. The van der Waals surface area contributed by atoms with Gasteiger partial charge in [0.05, 0.1) is 0 Å². The van der Waals surface area contributed by atoms with Gasteiger partial charge in [-0.2, -0.15) is 4.31 Å². The van der Waals surface area contributed by atoms with E-state index in [4.69, 9.17) is 0 Å². The number of thiophene rings is 1. The van der Waals surface area contributed by atoms with Crippen LogP contribution in [0.25, 0.3) is 0 Å². The van der Waals surface area contributed by atoms with Gasteiger partial charge in [0.2, 0.25) is 0 Å². The van der Waals surface area contributed by atoms with Gasteiger partial charge in [-0.15, -0.1) is 11.3 Å². The van der Waals surface area contributed by atoms with Crippen molar-refractivity contribution in [3.8, 4) is 0 Å². The minimum atomic E-state index is -3.30. The summed E-state index contributed by atoms with van der Waals surface area (Å²) in [7, 11) is -3.30. The van der Waals surface area contributed by atoms with E-state index < -0.39 is 10.0 Å². The van der Waals surface area contributed by atoms with Gasteiger partial charge in [-0.3, -0.25) is 0 Å². The van der Waals surface area contributed by atoms with Crippen LogP contribution in [0.4, 0.5) is 0 Å². The first-order chi connectivity index (χ1) is 8.05. The number of hydrogen-bond donors (Lipinski definition) is 0. The van der Waals surface area contributed by atoms with E-state index in [1.54, 1.807) is 15.8 Å². The van der Waals surface area contributed by atoms with E-state index >= 15 is 0 Å². The first-order valence-corrected chi connectivity index (χ1v) is 8.90. The van der Waals surface area contributed by atoms with Crippen molar-refractivity contribution >= 4 is 37.3 Å². The lowest BCUT2D eigenvalue weighted by Gasteiger charge is -2.20. The second kappa shape index (κ2) is 5.38. The Bertz CT molecular complexity index is 479. The van der Waals surface area contributed by atoms with Crippen LogP contribution < -0.4 is 0 Å². The lowest BCUT2D eigenvalue weighted by atomic mass is 10.4. The summed E-state index contributed by atoms with van der Waals surface area (Å²) in [5, 5.41) is 1.80. The molecule has 0 N–H and O–H groups in total. The molecule has 96 valence electrons. The van der Waals surface area contributed by atoms with Crippen LogP contribution in [-0.4, -0.2) is 25.8 Å². The SMILES string of the molecule is CCCN(CC1CC1)S(=O)(=O)c1sccc1Br. The van der Waals surface area contributed by atoms with Crippen molar-refractivity contribution in [1.82, 2.24) is 4.31 Å². The third kappa shape index (κ3) is 3.10. The molecule has 0 spiro atoms. The number of halogens is 1. The molecule has 1 aromatic rings. The molecule has 0 aromatic carbocycles. The minimum Gasteiger partial charge on any atom is -0.206 e. The Hall–Kier alpha value is 0.0900. The van der Waals surface area contributed by atoms with Crippen molar-refractivity contribution in [3.63, 3.8) is 0 Å². The monoisotopic (exact) mass is 337 g/mol. The first-order valence-electron chi connectivity index (χ1n) is 5.79. The molecule has 2 rings (SSSR count). The van der Waals surface area contributed by atoms with Crippen LogP contribution in [0.15, 0.2) is 20.1 Å². The van der Waals surface area contributed by atoms with Gasteiger partial charge in [-0.25, -0.2) is 8.42 Å². The maximum absolute atomic E-state index is 12.5. The van der Waals surface area contributed by atoms with E-state index in [-0.39, 0.29) is 0 Å². The van der Waals surface area contributed by atoms with Gasteiger partial charge in [0.15, 0.2) is 0 Å². The third-order valence-corrected chi connectivity index (χ3v) is 7.30. The van der Waals surface area contributed by atoms with Gasteiger partial charge in [0, 0.05) is 17.6 Å². The number of hydrogen-bond acceptors (Lipinski definition) is 3. The number of nitrogens with zero attached hydrogens (tertiary/aromatic N) is 1. The molecular weight excluding hydrogens is 322 g/mol. The van der Waals surface area contributed by atoms with Crippen LogP contribution in [0.3, 0.4) is 0 Å². The van der Waals surface area contributed by atoms with Crippen LogP contribution in [-0.2, 0) is 10.0 Å². The molecule has 1 fully saturated rings. The van der Waals surface area contributed by atoms with Crippen LogP contribution in [0.5, 0.6) is 0 Å². The summed E-state index contributed by atoms with van der Waals surface area (Å²) >= 11 is 4.59. The summed E-state index contributed by atoms with van der Waals surface area (Å²) < 4.78 is 27.7. The molecule has 0 atom stereocenters. The van der Waals surface area contributed by atoms with E-state index in [0.29, 0.717) is 27.7 Å². The summed E-state index contributed by atoms with van der Waals surface area (Å²) in [4.78, 5) is 0. The van der Waals surface area contributed by atoms with Crippen LogP contribution in [0, 0.1) is 5.92 Å². The fourth-order valence-electron chi connectivity index (χ4n) is 1.73. The molecule has 17 heavy (non-hydrogen) atoms. The zero-order valence-electron chi connectivity index (χ0n) is 9.73. The summed E-state index contributed by atoms with van der Waals surface area (Å²) in [5.74, 6) is 0.579. The highest BCUT2D eigenvalue weighted by Gasteiger charge is 2.32. The Labute approximate surface area is 115 Å². The highest BCUT2D eigenvalue weighted by atomic mass is 79.9. The predicted molar refractivity (Wildman–Crippen MR) is 73.8 cm³/mol. The Morgan fingerprint density at radius 2 is 2.24 bits per heavy atom. The van der Waals surface area contributed by atoms with E-state index in [1.807, 2.05) is 6.92 Å². The Balaban J connectivity index is 2.23. The van der Waals surface area contributed by atoms with Crippen molar-refractivity contribution in [3.05, 3.63) is 15.9 Å². The van der Waals surface area contributed by atoms with Crippen molar-refractivity contribution < 1.29 is 8.42 Å². The largest absolute Gasteiger partial charge is 0.253 e. The maximum Gasteiger partial charge on any atom is 0.253 e. The molecule has 3 nitrogen and oxygen atoms in total. The molecule has 0 saturated heterocycles.